The van der Waals surface area contributed by atoms with Gasteiger partial charge < -0.3 is 4.84 Å². The summed E-state index contributed by atoms with van der Waals surface area (Å²) in [6, 6.07) is 30.5. The highest BCUT2D eigenvalue weighted by molar-refractivity contribution is 6.12. The van der Waals surface area contributed by atoms with Crippen molar-refractivity contribution in [1.82, 2.24) is 0 Å². The summed E-state index contributed by atoms with van der Waals surface area (Å²) >= 11 is 0. The highest BCUT2D eigenvalue weighted by atomic mass is 16.6. The molecule has 0 aliphatic heterocycles. The van der Waals surface area contributed by atoms with E-state index >= 15 is 0 Å². The van der Waals surface area contributed by atoms with Gasteiger partial charge in [0, 0.05) is 17.5 Å². The molecule has 0 spiro atoms. The molecule has 0 heterocycles. The monoisotopic (exact) mass is 301 g/mol. The zero-order chi connectivity index (χ0) is 15.7. The van der Waals surface area contributed by atoms with Gasteiger partial charge in [0.05, 0.1) is 0 Å². The molecule has 0 aliphatic carbocycles. The Labute approximate surface area is 137 Å². The molecular weight excluding hydrogens is 282 g/mol. The Hall–Kier alpha value is -2.87. The van der Waals surface area contributed by atoms with Crippen LogP contribution in [0, 0.1) is 0 Å². The molecule has 3 rings (SSSR count). The average molecular weight is 301 g/mol. The molecule has 2 heteroatoms. The molecule has 0 aromatic heterocycles. The predicted octanol–water partition coefficient (Wildman–Crippen LogP) is 4.70. The minimum atomic E-state index is 0.563. The molecular formula is C21H19NO. The van der Waals surface area contributed by atoms with Crippen LogP contribution < -0.4 is 0 Å². The lowest BCUT2D eigenvalue weighted by Crippen LogP contribution is -2.05. The number of hydrogen-bond acceptors (Lipinski definition) is 2. The van der Waals surface area contributed by atoms with E-state index in [0.717, 1.165) is 23.3 Å². The van der Waals surface area contributed by atoms with Gasteiger partial charge in [0.1, 0.15) is 12.3 Å². The molecule has 23 heavy (non-hydrogen) atoms. The Balaban J connectivity index is 1.73. The standard InChI is InChI=1S/C21H19NO/c1-4-10-18(11-5-1)16-17-23-22-21(19-12-6-2-7-13-19)20-14-8-3-9-15-20/h1-15H,16-17H2. The van der Waals surface area contributed by atoms with Crippen LogP contribution in [-0.2, 0) is 11.3 Å². The fourth-order valence-corrected chi connectivity index (χ4v) is 2.38. The number of benzene rings is 3. The molecule has 0 fully saturated rings. The highest BCUT2D eigenvalue weighted by Crippen LogP contribution is 2.11. The van der Waals surface area contributed by atoms with Crippen LogP contribution in [0.2, 0.25) is 0 Å². The number of hydrogen-bond donors (Lipinski definition) is 0. The Bertz CT molecular complexity index is 695. The zero-order valence-corrected chi connectivity index (χ0v) is 12.9. The molecule has 0 saturated heterocycles. The van der Waals surface area contributed by atoms with E-state index in [1.807, 2.05) is 78.9 Å². The van der Waals surface area contributed by atoms with Crippen molar-refractivity contribution < 1.29 is 4.84 Å². The van der Waals surface area contributed by atoms with Crippen LogP contribution in [0.5, 0.6) is 0 Å². The maximum absolute atomic E-state index is 5.60. The van der Waals surface area contributed by atoms with Gasteiger partial charge in [-0.05, 0) is 5.56 Å². The van der Waals surface area contributed by atoms with E-state index in [4.69, 9.17) is 4.84 Å². The summed E-state index contributed by atoms with van der Waals surface area (Å²) in [6.07, 6.45) is 0.848. The minimum Gasteiger partial charge on any atom is -0.395 e. The van der Waals surface area contributed by atoms with Gasteiger partial charge in [0.15, 0.2) is 0 Å². The van der Waals surface area contributed by atoms with Crippen LogP contribution in [-0.4, -0.2) is 12.3 Å². The van der Waals surface area contributed by atoms with Crippen LogP contribution in [0.25, 0.3) is 0 Å². The zero-order valence-electron chi connectivity index (χ0n) is 12.9. The van der Waals surface area contributed by atoms with Crippen molar-refractivity contribution >= 4 is 5.71 Å². The summed E-state index contributed by atoms with van der Waals surface area (Å²) in [5, 5.41) is 4.40. The molecule has 0 radical (unpaired) electrons. The molecule has 2 nitrogen and oxygen atoms in total. The first-order valence-electron chi connectivity index (χ1n) is 7.78. The van der Waals surface area contributed by atoms with Crippen molar-refractivity contribution in [3.63, 3.8) is 0 Å². The van der Waals surface area contributed by atoms with Crippen molar-refractivity contribution in [2.75, 3.05) is 6.61 Å². The van der Waals surface area contributed by atoms with E-state index in [1.165, 1.54) is 5.56 Å². The number of rotatable bonds is 6. The summed E-state index contributed by atoms with van der Waals surface area (Å²) in [6.45, 7) is 0.563. The lowest BCUT2D eigenvalue weighted by Gasteiger charge is -2.07. The topological polar surface area (TPSA) is 21.6 Å². The normalized spacial score (nSPS) is 10.1. The second-order valence-electron chi connectivity index (χ2n) is 5.24. The maximum Gasteiger partial charge on any atom is 0.121 e. The quantitative estimate of drug-likeness (QED) is 0.367. The molecule has 3 aromatic carbocycles. The molecule has 0 N–H and O–H groups in total. The third-order valence-corrected chi connectivity index (χ3v) is 3.58. The van der Waals surface area contributed by atoms with E-state index in [2.05, 4.69) is 17.3 Å². The van der Waals surface area contributed by atoms with Crippen LogP contribution in [0.4, 0.5) is 0 Å². The van der Waals surface area contributed by atoms with Gasteiger partial charge in [0.25, 0.3) is 0 Å². The molecule has 0 saturated carbocycles. The lowest BCUT2D eigenvalue weighted by molar-refractivity contribution is 0.148. The van der Waals surface area contributed by atoms with E-state index in [-0.39, 0.29) is 0 Å². The van der Waals surface area contributed by atoms with Crippen molar-refractivity contribution in [3.8, 4) is 0 Å². The maximum atomic E-state index is 5.60. The van der Waals surface area contributed by atoms with Gasteiger partial charge in [0.2, 0.25) is 0 Å². The van der Waals surface area contributed by atoms with Crippen molar-refractivity contribution in [2.45, 2.75) is 6.42 Å². The molecule has 0 bridgehead atoms. The Morgan fingerprint density at radius 2 is 1.13 bits per heavy atom. The first kappa shape index (κ1) is 15.0. The lowest BCUT2D eigenvalue weighted by atomic mass is 10.0. The van der Waals surface area contributed by atoms with Crippen LogP contribution in [0.3, 0.4) is 0 Å². The fourth-order valence-electron chi connectivity index (χ4n) is 2.38. The highest BCUT2D eigenvalue weighted by Gasteiger charge is 2.06. The third-order valence-electron chi connectivity index (χ3n) is 3.58. The summed E-state index contributed by atoms with van der Waals surface area (Å²) in [5.41, 5.74) is 4.22. The first-order valence-corrected chi connectivity index (χ1v) is 7.78. The Morgan fingerprint density at radius 1 is 0.652 bits per heavy atom. The van der Waals surface area contributed by atoms with Crippen LogP contribution >= 0.6 is 0 Å². The first-order chi connectivity index (χ1) is 11.4. The van der Waals surface area contributed by atoms with Crippen LogP contribution in [0.15, 0.2) is 96.2 Å². The second kappa shape index (κ2) is 7.95. The van der Waals surface area contributed by atoms with Crippen molar-refractivity contribution in [1.29, 1.82) is 0 Å². The van der Waals surface area contributed by atoms with Crippen LogP contribution in [0.1, 0.15) is 16.7 Å². The molecule has 0 unspecified atom stereocenters. The van der Waals surface area contributed by atoms with E-state index in [1.54, 1.807) is 0 Å². The smallest absolute Gasteiger partial charge is 0.121 e. The van der Waals surface area contributed by atoms with E-state index in [0.29, 0.717) is 6.61 Å². The SMILES string of the molecule is c1ccc(CCON=C(c2ccccc2)c2ccccc2)cc1. The summed E-state index contributed by atoms with van der Waals surface area (Å²) < 4.78 is 0. The summed E-state index contributed by atoms with van der Waals surface area (Å²) in [7, 11) is 0. The number of nitrogens with zero attached hydrogens (tertiary/aromatic N) is 1. The van der Waals surface area contributed by atoms with Crippen molar-refractivity contribution in [3.05, 3.63) is 108 Å². The van der Waals surface area contributed by atoms with Gasteiger partial charge in [-0.2, -0.15) is 0 Å². The molecule has 0 amide bonds. The summed E-state index contributed by atoms with van der Waals surface area (Å²) in [5.74, 6) is 0. The fraction of sp³-hybridized carbons (Fsp3) is 0.0952. The largest absolute Gasteiger partial charge is 0.395 e. The average Bonchev–Trinajstić information content (AvgIpc) is 2.64. The van der Waals surface area contributed by atoms with Gasteiger partial charge in [-0.1, -0.05) is 96.2 Å². The summed E-state index contributed by atoms with van der Waals surface area (Å²) in [4.78, 5) is 5.60. The molecule has 3 aromatic rings. The van der Waals surface area contributed by atoms with Gasteiger partial charge in [-0.3, -0.25) is 0 Å². The van der Waals surface area contributed by atoms with Gasteiger partial charge >= 0.3 is 0 Å². The minimum absolute atomic E-state index is 0.563. The predicted molar refractivity (Wildman–Crippen MR) is 94.6 cm³/mol. The molecule has 0 aliphatic rings. The van der Waals surface area contributed by atoms with Gasteiger partial charge in [-0.25, -0.2) is 0 Å². The van der Waals surface area contributed by atoms with E-state index < -0.39 is 0 Å². The second-order valence-corrected chi connectivity index (χ2v) is 5.24. The Morgan fingerprint density at radius 3 is 1.65 bits per heavy atom. The molecule has 114 valence electrons. The number of oxime groups is 1. The third kappa shape index (κ3) is 4.30. The van der Waals surface area contributed by atoms with Crippen molar-refractivity contribution in [2.24, 2.45) is 5.16 Å². The van der Waals surface area contributed by atoms with E-state index in [9.17, 15) is 0 Å². The molecule has 0 atom stereocenters. The Kier molecular flexibility index (Phi) is 5.20. The van der Waals surface area contributed by atoms with Gasteiger partial charge in [-0.15, -0.1) is 0 Å².